The van der Waals surface area contributed by atoms with Crippen LogP contribution in [-0.4, -0.2) is 28.2 Å². The van der Waals surface area contributed by atoms with E-state index in [0.717, 1.165) is 16.2 Å². The zero-order valence-corrected chi connectivity index (χ0v) is 9.29. The molecule has 0 spiro atoms. The Morgan fingerprint density at radius 1 is 1.50 bits per heavy atom. The third-order valence-corrected chi connectivity index (χ3v) is 2.48. The number of nitrogens with zero attached hydrogens (tertiary/aromatic N) is 2. The molecule has 0 aliphatic heterocycles. The van der Waals surface area contributed by atoms with Crippen LogP contribution in [0.3, 0.4) is 0 Å². The summed E-state index contributed by atoms with van der Waals surface area (Å²) in [5, 5.41) is 11.7. The molecule has 1 aliphatic carbocycles. The van der Waals surface area contributed by atoms with Gasteiger partial charge >= 0.3 is 0 Å². The number of anilines is 1. The number of hydrogen-bond acceptors (Lipinski definition) is 4. The Labute approximate surface area is 90.9 Å². The Morgan fingerprint density at radius 3 is 2.93 bits per heavy atom. The highest BCUT2D eigenvalue weighted by atomic mass is 79.9. The SMILES string of the molecule is OCCNc1cc(Br)nc(C2CC2)n1. The van der Waals surface area contributed by atoms with E-state index < -0.39 is 0 Å². The molecule has 2 N–H and O–H groups in total. The van der Waals surface area contributed by atoms with Gasteiger partial charge in [0.2, 0.25) is 0 Å². The lowest BCUT2D eigenvalue weighted by molar-refractivity contribution is 0.311. The molecule has 1 aliphatic rings. The average Bonchev–Trinajstić information content (AvgIpc) is 2.97. The van der Waals surface area contributed by atoms with E-state index in [4.69, 9.17) is 5.11 Å². The third kappa shape index (κ3) is 2.42. The number of aliphatic hydroxyl groups is 1. The fourth-order valence-electron chi connectivity index (χ4n) is 1.23. The molecule has 0 aromatic carbocycles. The first-order chi connectivity index (χ1) is 6.79. The molecule has 2 rings (SSSR count). The van der Waals surface area contributed by atoms with Gasteiger partial charge in [-0.1, -0.05) is 0 Å². The van der Waals surface area contributed by atoms with Gasteiger partial charge in [-0.05, 0) is 28.8 Å². The number of hydrogen-bond donors (Lipinski definition) is 2. The van der Waals surface area contributed by atoms with Crippen LogP contribution in [-0.2, 0) is 0 Å². The first kappa shape index (κ1) is 9.86. The highest BCUT2D eigenvalue weighted by Gasteiger charge is 2.27. The van der Waals surface area contributed by atoms with E-state index >= 15 is 0 Å². The summed E-state index contributed by atoms with van der Waals surface area (Å²) in [7, 11) is 0. The predicted molar refractivity (Wildman–Crippen MR) is 57.3 cm³/mol. The molecule has 5 heteroatoms. The Hall–Kier alpha value is -0.680. The molecule has 4 nitrogen and oxygen atoms in total. The van der Waals surface area contributed by atoms with Gasteiger partial charge < -0.3 is 10.4 Å². The van der Waals surface area contributed by atoms with E-state index in [2.05, 4.69) is 31.2 Å². The van der Waals surface area contributed by atoms with Crippen LogP contribution in [0.5, 0.6) is 0 Å². The zero-order chi connectivity index (χ0) is 9.97. The van der Waals surface area contributed by atoms with E-state index in [1.807, 2.05) is 6.07 Å². The fourth-order valence-corrected chi connectivity index (χ4v) is 1.63. The molecule has 0 saturated heterocycles. The van der Waals surface area contributed by atoms with E-state index in [1.54, 1.807) is 0 Å². The van der Waals surface area contributed by atoms with Crippen LogP contribution in [0.25, 0.3) is 0 Å². The quantitative estimate of drug-likeness (QED) is 0.804. The molecule has 76 valence electrons. The molecule has 1 aromatic heterocycles. The lowest BCUT2D eigenvalue weighted by atomic mass is 10.4. The molecule has 0 amide bonds. The van der Waals surface area contributed by atoms with Gasteiger partial charge in [-0.3, -0.25) is 0 Å². The summed E-state index contributed by atoms with van der Waals surface area (Å²) in [6, 6.07) is 1.82. The van der Waals surface area contributed by atoms with E-state index in [-0.39, 0.29) is 6.61 Å². The Morgan fingerprint density at radius 2 is 2.29 bits per heavy atom. The van der Waals surface area contributed by atoms with Crippen LogP contribution in [0.2, 0.25) is 0 Å². The zero-order valence-electron chi connectivity index (χ0n) is 7.70. The fraction of sp³-hybridized carbons (Fsp3) is 0.556. The summed E-state index contributed by atoms with van der Waals surface area (Å²) in [5.74, 6) is 2.23. The second-order valence-electron chi connectivity index (χ2n) is 3.36. The van der Waals surface area contributed by atoms with Gasteiger partial charge in [0.25, 0.3) is 0 Å². The predicted octanol–water partition coefficient (Wildman–Crippen LogP) is 1.52. The minimum Gasteiger partial charge on any atom is -0.395 e. The van der Waals surface area contributed by atoms with Crippen molar-refractivity contribution < 1.29 is 5.11 Å². The van der Waals surface area contributed by atoms with Crippen molar-refractivity contribution in [3.63, 3.8) is 0 Å². The Kier molecular flexibility index (Phi) is 2.98. The van der Waals surface area contributed by atoms with Crippen molar-refractivity contribution in [1.29, 1.82) is 0 Å². The van der Waals surface area contributed by atoms with Crippen molar-refractivity contribution in [2.24, 2.45) is 0 Å². The summed E-state index contributed by atoms with van der Waals surface area (Å²) >= 11 is 3.35. The monoisotopic (exact) mass is 257 g/mol. The van der Waals surface area contributed by atoms with Crippen LogP contribution in [0, 0.1) is 0 Å². The van der Waals surface area contributed by atoms with Crippen LogP contribution in [0.4, 0.5) is 5.82 Å². The van der Waals surface area contributed by atoms with E-state index in [1.165, 1.54) is 12.8 Å². The topological polar surface area (TPSA) is 58.0 Å². The van der Waals surface area contributed by atoms with Crippen LogP contribution >= 0.6 is 15.9 Å². The average molecular weight is 258 g/mol. The van der Waals surface area contributed by atoms with Gasteiger partial charge in [-0.25, -0.2) is 9.97 Å². The number of nitrogens with one attached hydrogen (secondary N) is 1. The Bertz CT molecular complexity index is 328. The highest BCUT2D eigenvalue weighted by molar-refractivity contribution is 9.10. The number of halogens is 1. The first-order valence-electron chi connectivity index (χ1n) is 4.69. The second kappa shape index (κ2) is 4.23. The molecule has 1 aromatic rings. The first-order valence-corrected chi connectivity index (χ1v) is 5.48. The Balaban J connectivity index is 2.13. The summed E-state index contributed by atoms with van der Waals surface area (Å²) in [6.45, 7) is 0.633. The van der Waals surface area contributed by atoms with Gasteiger partial charge in [0, 0.05) is 18.5 Å². The summed E-state index contributed by atoms with van der Waals surface area (Å²) in [5.41, 5.74) is 0. The van der Waals surface area contributed by atoms with Gasteiger partial charge in [-0.15, -0.1) is 0 Å². The standard InChI is InChI=1S/C9H12BrN3O/c10-7-5-8(11-3-4-14)13-9(12-7)6-1-2-6/h5-6,14H,1-4H2,(H,11,12,13). The highest BCUT2D eigenvalue weighted by Crippen LogP contribution is 2.38. The summed E-state index contributed by atoms with van der Waals surface area (Å²) in [6.07, 6.45) is 2.38. The van der Waals surface area contributed by atoms with Gasteiger partial charge in [0.05, 0.1) is 6.61 Å². The normalized spacial score (nSPS) is 15.6. The molecule has 0 atom stereocenters. The summed E-state index contributed by atoms with van der Waals surface area (Å²) in [4.78, 5) is 8.68. The largest absolute Gasteiger partial charge is 0.395 e. The smallest absolute Gasteiger partial charge is 0.135 e. The minimum absolute atomic E-state index is 0.111. The third-order valence-electron chi connectivity index (χ3n) is 2.07. The van der Waals surface area contributed by atoms with Crippen molar-refractivity contribution in [3.05, 3.63) is 16.5 Å². The van der Waals surface area contributed by atoms with Gasteiger partial charge in [0.1, 0.15) is 16.2 Å². The van der Waals surface area contributed by atoms with E-state index in [0.29, 0.717) is 12.5 Å². The number of aliphatic hydroxyl groups excluding tert-OH is 1. The maximum absolute atomic E-state index is 8.67. The van der Waals surface area contributed by atoms with Gasteiger partial charge in [0.15, 0.2) is 0 Å². The number of rotatable bonds is 4. The van der Waals surface area contributed by atoms with Crippen LogP contribution in [0.15, 0.2) is 10.7 Å². The van der Waals surface area contributed by atoms with Crippen molar-refractivity contribution in [3.8, 4) is 0 Å². The summed E-state index contributed by atoms with van der Waals surface area (Å²) < 4.78 is 0.801. The second-order valence-corrected chi connectivity index (χ2v) is 4.17. The molecule has 0 radical (unpaired) electrons. The minimum atomic E-state index is 0.111. The molecule has 14 heavy (non-hydrogen) atoms. The maximum atomic E-state index is 8.67. The van der Waals surface area contributed by atoms with Gasteiger partial charge in [-0.2, -0.15) is 0 Å². The van der Waals surface area contributed by atoms with Crippen LogP contribution < -0.4 is 5.32 Å². The lowest BCUT2D eigenvalue weighted by Crippen LogP contribution is -2.08. The van der Waals surface area contributed by atoms with Crippen molar-refractivity contribution in [1.82, 2.24) is 9.97 Å². The van der Waals surface area contributed by atoms with Crippen molar-refractivity contribution in [2.75, 3.05) is 18.5 Å². The van der Waals surface area contributed by atoms with Crippen molar-refractivity contribution >= 4 is 21.7 Å². The molecular formula is C9H12BrN3O. The molecule has 1 fully saturated rings. The molecule has 1 heterocycles. The van der Waals surface area contributed by atoms with Crippen LogP contribution in [0.1, 0.15) is 24.6 Å². The van der Waals surface area contributed by atoms with Crippen molar-refractivity contribution in [2.45, 2.75) is 18.8 Å². The number of aromatic nitrogens is 2. The molecular weight excluding hydrogens is 246 g/mol. The maximum Gasteiger partial charge on any atom is 0.135 e. The molecule has 0 unspecified atom stereocenters. The lowest BCUT2D eigenvalue weighted by Gasteiger charge is -2.05. The molecule has 0 bridgehead atoms. The molecule has 1 saturated carbocycles. The van der Waals surface area contributed by atoms with E-state index in [9.17, 15) is 0 Å².